The topological polar surface area (TPSA) is 63.2 Å². The molecule has 2 aromatic carbocycles. The van der Waals surface area contributed by atoms with Crippen molar-refractivity contribution in [3.63, 3.8) is 0 Å². The number of amides is 1. The monoisotopic (exact) mass is 387 g/mol. The van der Waals surface area contributed by atoms with Crippen molar-refractivity contribution in [2.45, 2.75) is 0 Å². The molecule has 26 heavy (non-hydrogen) atoms. The van der Waals surface area contributed by atoms with Crippen molar-refractivity contribution in [2.24, 2.45) is 0 Å². The molecule has 0 spiro atoms. The van der Waals surface area contributed by atoms with E-state index < -0.39 is 0 Å². The minimum atomic E-state index is -0.251. The molecule has 0 radical (unpaired) electrons. The first-order chi connectivity index (χ1) is 12.5. The van der Waals surface area contributed by atoms with Gasteiger partial charge < -0.3 is 15.4 Å². The summed E-state index contributed by atoms with van der Waals surface area (Å²) in [7, 11) is 1.57. The van der Waals surface area contributed by atoms with E-state index in [1.165, 1.54) is 0 Å². The maximum Gasteiger partial charge on any atom is 0.256 e. The van der Waals surface area contributed by atoms with Crippen molar-refractivity contribution in [3.8, 4) is 5.75 Å². The van der Waals surface area contributed by atoms with Gasteiger partial charge in [0.25, 0.3) is 5.91 Å². The van der Waals surface area contributed by atoms with E-state index in [-0.39, 0.29) is 5.91 Å². The van der Waals surface area contributed by atoms with Crippen LogP contribution in [-0.4, -0.2) is 18.0 Å². The van der Waals surface area contributed by atoms with Crippen LogP contribution in [0.4, 0.5) is 17.2 Å². The van der Waals surface area contributed by atoms with Crippen LogP contribution in [0.1, 0.15) is 10.4 Å². The number of nitrogens with one attached hydrogen (secondary N) is 2. The third-order valence-electron chi connectivity index (χ3n) is 3.56. The predicted molar refractivity (Wildman–Crippen MR) is 105 cm³/mol. The number of nitrogens with zero attached hydrogens (tertiary/aromatic N) is 1. The molecule has 5 nitrogen and oxygen atoms in total. The molecule has 0 aliphatic carbocycles. The largest absolute Gasteiger partial charge is 0.497 e. The van der Waals surface area contributed by atoms with Gasteiger partial charge in [-0.15, -0.1) is 0 Å². The van der Waals surface area contributed by atoms with E-state index in [2.05, 4.69) is 15.6 Å². The Morgan fingerprint density at radius 3 is 2.46 bits per heavy atom. The van der Waals surface area contributed by atoms with Crippen LogP contribution in [0.25, 0.3) is 0 Å². The number of methoxy groups -OCH3 is 1. The van der Waals surface area contributed by atoms with Crippen LogP contribution in [0.15, 0.2) is 60.8 Å². The van der Waals surface area contributed by atoms with Gasteiger partial charge in [0, 0.05) is 10.6 Å². The lowest BCUT2D eigenvalue weighted by atomic mass is 10.2. The Bertz CT molecular complexity index is 913. The summed E-state index contributed by atoms with van der Waals surface area (Å²) in [5.41, 5.74) is 1.91. The number of aromatic nitrogens is 1. The van der Waals surface area contributed by atoms with Crippen LogP contribution in [0.3, 0.4) is 0 Å². The van der Waals surface area contributed by atoms with Crippen molar-refractivity contribution >= 4 is 46.3 Å². The smallest absolute Gasteiger partial charge is 0.256 e. The van der Waals surface area contributed by atoms with Crippen molar-refractivity contribution < 1.29 is 9.53 Å². The second kappa shape index (κ2) is 8.08. The number of carbonyl (C=O) groups is 1. The molecule has 1 amide bonds. The van der Waals surface area contributed by atoms with Crippen LogP contribution in [-0.2, 0) is 0 Å². The minimum absolute atomic E-state index is 0.251. The number of anilines is 3. The molecular formula is C19H15Cl2N3O2. The van der Waals surface area contributed by atoms with E-state index in [0.29, 0.717) is 32.9 Å². The fourth-order valence-electron chi connectivity index (χ4n) is 2.22. The summed E-state index contributed by atoms with van der Waals surface area (Å²) < 4.78 is 5.08. The van der Waals surface area contributed by atoms with Gasteiger partial charge in [-0.05, 0) is 54.6 Å². The fraction of sp³-hybridized carbons (Fsp3) is 0.0526. The normalized spacial score (nSPS) is 10.3. The highest BCUT2D eigenvalue weighted by Gasteiger charge is 2.08. The van der Waals surface area contributed by atoms with Gasteiger partial charge in [-0.2, -0.15) is 0 Å². The average Bonchev–Trinajstić information content (AvgIpc) is 2.66. The lowest BCUT2D eigenvalue weighted by Crippen LogP contribution is -2.12. The third kappa shape index (κ3) is 4.45. The molecule has 0 saturated carbocycles. The zero-order chi connectivity index (χ0) is 18.5. The summed E-state index contributed by atoms with van der Waals surface area (Å²) in [4.78, 5) is 16.5. The number of halogens is 2. The first-order valence-corrected chi connectivity index (χ1v) is 8.44. The second-order valence-electron chi connectivity index (χ2n) is 5.36. The van der Waals surface area contributed by atoms with Crippen molar-refractivity contribution in [2.75, 3.05) is 17.7 Å². The Morgan fingerprint density at radius 1 is 1.04 bits per heavy atom. The number of rotatable bonds is 5. The van der Waals surface area contributed by atoms with E-state index in [9.17, 15) is 4.79 Å². The van der Waals surface area contributed by atoms with Gasteiger partial charge in [0.05, 0.1) is 29.7 Å². The van der Waals surface area contributed by atoms with Crippen LogP contribution < -0.4 is 15.4 Å². The Balaban J connectivity index is 1.67. The van der Waals surface area contributed by atoms with E-state index in [1.54, 1.807) is 67.9 Å². The summed E-state index contributed by atoms with van der Waals surface area (Å²) in [6.07, 6.45) is 1.60. The van der Waals surface area contributed by atoms with E-state index in [4.69, 9.17) is 27.9 Å². The number of hydrogen-bond acceptors (Lipinski definition) is 4. The van der Waals surface area contributed by atoms with Crippen LogP contribution in [0.2, 0.25) is 10.0 Å². The lowest BCUT2D eigenvalue weighted by Gasteiger charge is -2.10. The molecule has 2 N–H and O–H groups in total. The fourth-order valence-corrected chi connectivity index (χ4v) is 2.56. The quantitative estimate of drug-likeness (QED) is 0.615. The minimum Gasteiger partial charge on any atom is -0.497 e. The average molecular weight is 388 g/mol. The molecule has 0 aliphatic heterocycles. The van der Waals surface area contributed by atoms with Gasteiger partial charge in [-0.25, -0.2) is 4.98 Å². The number of hydrogen-bond donors (Lipinski definition) is 2. The van der Waals surface area contributed by atoms with Crippen LogP contribution in [0, 0.1) is 0 Å². The molecule has 3 rings (SSSR count). The highest BCUT2D eigenvalue weighted by atomic mass is 35.5. The standard InChI is InChI=1S/C19H15Cl2N3O2/c1-26-15-6-2-12(3-7-15)19(25)24-18-9-5-14(11-22-18)23-17-10-13(20)4-8-16(17)21/h2-11,23H,1H3,(H,22,24,25). The molecule has 1 aromatic heterocycles. The highest BCUT2D eigenvalue weighted by Crippen LogP contribution is 2.28. The van der Waals surface area contributed by atoms with Crippen molar-refractivity contribution in [1.82, 2.24) is 4.98 Å². The molecule has 3 aromatic rings. The Labute approximate surface area is 160 Å². The van der Waals surface area contributed by atoms with Crippen LogP contribution in [0.5, 0.6) is 5.75 Å². The zero-order valence-electron chi connectivity index (χ0n) is 13.8. The molecule has 0 saturated heterocycles. The molecular weight excluding hydrogens is 373 g/mol. The summed E-state index contributed by atoms with van der Waals surface area (Å²) >= 11 is 12.1. The molecule has 132 valence electrons. The number of carbonyl (C=O) groups excluding carboxylic acids is 1. The third-order valence-corrected chi connectivity index (χ3v) is 4.13. The number of ether oxygens (including phenoxy) is 1. The Kier molecular flexibility index (Phi) is 5.61. The summed E-state index contributed by atoms with van der Waals surface area (Å²) in [5, 5.41) is 7.00. The zero-order valence-corrected chi connectivity index (χ0v) is 15.3. The van der Waals surface area contributed by atoms with Gasteiger partial charge in [0.15, 0.2) is 0 Å². The lowest BCUT2D eigenvalue weighted by molar-refractivity contribution is 0.102. The van der Waals surface area contributed by atoms with Gasteiger partial charge in [0.1, 0.15) is 11.6 Å². The van der Waals surface area contributed by atoms with Gasteiger partial charge in [0.2, 0.25) is 0 Å². The molecule has 0 aliphatic rings. The van der Waals surface area contributed by atoms with E-state index in [1.807, 2.05) is 0 Å². The maximum atomic E-state index is 12.2. The molecule has 1 heterocycles. The summed E-state index contributed by atoms with van der Waals surface area (Å²) in [6, 6.07) is 15.5. The molecule has 0 unspecified atom stereocenters. The molecule has 0 fully saturated rings. The SMILES string of the molecule is COc1ccc(C(=O)Nc2ccc(Nc3cc(Cl)ccc3Cl)cn2)cc1. The predicted octanol–water partition coefficient (Wildman–Crippen LogP) is 5.39. The number of pyridine rings is 1. The van der Waals surface area contributed by atoms with Gasteiger partial charge in [-0.1, -0.05) is 23.2 Å². The Hall–Kier alpha value is -2.76. The Morgan fingerprint density at radius 2 is 1.81 bits per heavy atom. The van der Waals surface area contributed by atoms with E-state index in [0.717, 1.165) is 5.69 Å². The summed E-state index contributed by atoms with van der Waals surface area (Å²) in [5.74, 6) is 0.877. The summed E-state index contributed by atoms with van der Waals surface area (Å²) in [6.45, 7) is 0. The van der Waals surface area contributed by atoms with Gasteiger partial charge >= 0.3 is 0 Å². The molecule has 7 heteroatoms. The van der Waals surface area contributed by atoms with Crippen molar-refractivity contribution in [3.05, 3.63) is 76.4 Å². The molecule has 0 bridgehead atoms. The molecule has 0 atom stereocenters. The van der Waals surface area contributed by atoms with Gasteiger partial charge in [-0.3, -0.25) is 4.79 Å². The maximum absolute atomic E-state index is 12.2. The van der Waals surface area contributed by atoms with E-state index >= 15 is 0 Å². The van der Waals surface area contributed by atoms with Crippen LogP contribution >= 0.6 is 23.2 Å². The second-order valence-corrected chi connectivity index (χ2v) is 6.21. The first-order valence-electron chi connectivity index (χ1n) is 7.69. The number of benzene rings is 2. The van der Waals surface area contributed by atoms with Crippen molar-refractivity contribution in [1.29, 1.82) is 0 Å². The first kappa shape index (κ1) is 18.0. The highest BCUT2D eigenvalue weighted by molar-refractivity contribution is 6.35.